The van der Waals surface area contributed by atoms with Crippen LogP contribution in [-0.2, 0) is 6.42 Å². The smallest absolute Gasteiger partial charge is 0.108 e. The van der Waals surface area contributed by atoms with Gasteiger partial charge in [-0.25, -0.2) is 0 Å². The van der Waals surface area contributed by atoms with Gasteiger partial charge in [-0.1, -0.05) is 86.2 Å². The van der Waals surface area contributed by atoms with Gasteiger partial charge in [-0.2, -0.15) is 0 Å². The maximum atomic E-state index is 10.8. The second-order valence-corrected chi connectivity index (χ2v) is 6.88. The van der Waals surface area contributed by atoms with E-state index >= 15 is 0 Å². The van der Waals surface area contributed by atoms with Crippen molar-refractivity contribution in [2.75, 3.05) is 0 Å². The first-order chi connectivity index (χ1) is 13.6. The minimum Gasteiger partial charge on any atom is -0.145 e. The van der Waals surface area contributed by atoms with Crippen molar-refractivity contribution in [3.63, 3.8) is 0 Å². The van der Waals surface area contributed by atoms with E-state index in [0.29, 0.717) is 5.69 Å². The number of benzene rings is 2. The fourth-order valence-electron chi connectivity index (χ4n) is 3.13. The van der Waals surface area contributed by atoms with Gasteiger partial charge in [-0.3, -0.25) is 0 Å². The van der Waals surface area contributed by atoms with Crippen LogP contribution < -0.4 is 0 Å². The molecule has 0 saturated heterocycles. The molecule has 0 bridgehead atoms. The van der Waals surface area contributed by atoms with Gasteiger partial charge in [0.1, 0.15) is 5.69 Å². The molecule has 2 aromatic carbocycles. The molecule has 144 valence electrons. The largest absolute Gasteiger partial charge is 0.145 e. The monoisotopic (exact) mass is 371 g/mol. The molecule has 28 heavy (non-hydrogen) atoms. The van der Waals surface area contributed by atoms with E-state index in [1.165, 1.54) is 22.3 Å². The van der Waals surface area contributed by atoms with Gasteiger partial charge in [0.25, 0.3) is 0 Å². The molecular weight excluding hydrogens is 342 g/mol. The summed E-state index contributed by atoms with van der Waals surface area (Å²) in [7, 11) is 0. The number of hydrogen-bond acceptors (Lipinski definition) is 2. The molecule has 0 fully saturated rings. The summed E-state index contributed by atoms with van der Waals surface area (Å²) in [6.07, 6.45) is 12.2. The average Bonchev–Trinajstić information content (AvgIpc) is 2.73. The van der Waals surface area contributed by atoms with Crippen LogP contribution in [0.1, 0.15) is 43.9 Å². The lowest BCUT2D eigenvalue weighted by atomic mass is 9.91. The van der Waals surface area contributed by atoms with Crippen molar-refractivity contribution < 1.29 is 0 Å². The Morgan fingerprint density at radius 1 is 1.18 bits per heavy atom. The number of nitroso groups, excluding NO2 is 1. The molecular formula is C26H29NO. The summed E-state index contributed by atoms with van der Waals surface area (Å²) in [6.45, 7) is 10.3. The fourth-order valence-corrected chi connectivity index (χ4v) is 3.13. The van der Waals surface area contributed by atoms with Crippen LogP contribution in [0.3, 0.4) is 0 Å². The summed E-state index contributed by atoms with van der Waals surface area (Å²) in [4.78, 5) is 10.8. The van der Waals surface area contributed by atoms with Crippen LogP contribution in [0.5, 0.6) is 0 Å². The molecule has 0 aliphatic rings. The third-order valence-corrected chi connectivity index (χ3v) is 4.84. The fraction of sp³-hybridized carbons (Fsp3) is 0.231. The third-order valence-electron chi connectivity index (χ3n) is 4.84. The van der Waals surface area contributed by atoms with Gasteiger partial charge in [0.2, 0.25) is 0 Å². The summed E-state index contributed by atoms with van der Waals surface area (Å²) in [5, 5.41) is 3.04. The maximum absolute atomic E-state index is 10.8. The molecule has 2 nitrogen and oxygen atoms in total. The summed E-state index contributed by atoms with van der Waals surface area (Å²) in [5.41, 5.74) is 6.54. The van der Waals surface area contributed by atoms with Crippen molar-refractivity contribution in [2.24, 2.45) is 11.1 Å². The van der Waals surface area contributed by atoms with Gasteiger partial charge in [0, 0.05) is 0 Å². The highest BCUT2D eigenvalue weighted by Crippen LogP contribution is 2.25. The Labute approximate surface area is 169 Å². The van der Waals surface area contributed by atoms with Crippen LogP contribution in [0.25, 0.3) is 11.6 Å². The van der Waals surface area contributed by atoms with E-state index < -0.39 is 0 Å². The molecule has 2 aromatic rings. The first kappa shape index (κ1) is 21.3. The Kier molecular flexibility index (Phi) is 8.36. The van der Waals surface area contributed by atoms with E-state index in [4.69, 9.17) is 0 Å². The number of nitrogens with zero attached hydrogens (tertiary/aromatic N) is 1. The normalized spacial score (nSPS) is 13.5. The lowest BCUT2D eigenvalue weighted by Crippen LogP contribution is -2.00. The van der Waals surface area contributed by atoms with Crippen LogP contribution >= 0.6 is 0 Å². The van der Waals surface area contributed by atoms with Gasteiger partial charge in [-0.15, -0.1) is 11.5 Å². The second kappa shape index (κ2) is 11.0. The Morgan fingerprint density at radius 2 is 1.96 bits per heavy atom. The lowest BCUT2D eigenvalue weighted by molar-refractivity contribution is 0.833. The number of rotatable bonds is 9. The van der Waals surface area contributed by atoms with E-state index in [0.717, 1.165) is 18.4 Å². The molecule has 1 unspecified atom stereocenters. The zero-order valence-electron chi connectivity index (χ0n) is 17.1. The molecule has 0 amide bonds. The molecule has 0 aliphatic carbocycles. The minimum absolute atomic E-state index is 0.237. The second-order valence-electron chi connectivity index (χ2n) is 6.88. The molecule has 0 radical (unpaired) electrons. The van der Waals surface area contributed by atoms with Crippen molar-refractivity contribution in [1.82, 2.24) is 0 Å². The average molecular weight is 372 g/mol. The number of hydrogen-bond donors (Lipinski definition) is 0. The highest BCUT2D eigenvalue weighted by atomic mass is 16.3. The van der Waals surface area contributed by atoms with Gasteiger partial charge < -0.3 is 0 Å². The van der Waals surface area contributed by atoms with E-state index in [9.17, 15) is 4.91 Å². The summed E-state index contributed by atoms with van der Waals surface area (Å²) in [6, 6.07) is 16.1. The Bertz CT molecular complexity index is 902. The van der Waals surface area contributed by atoms with E-state index in [1.54, 1.807) is 6.07 Å². The number of allylic oxidation sites excluding steroid dienone is 6. The van der Waals surface area contributed by atoms with E-state index in [-0.39, 0.29) is 5.92 Å². The van der Waals surface area contributed by atoms with Crippen molar-refractivity contribution in [3.8, 4) is 0 Å². The van der Waals surface area contributed by atoms with Crippen molar-refractivity contribution >= 4 is 17.3 Å². The molecule has 0 aliphatic heterocycles. The molecule has 0 heterocycles. The zero-order chi connectivity index (χ0) is 20.4. The van der Waals surface area contributed by atoms with Gasteiger partial charge >= 0.3 is 0 Å². The molecule has 1 atom stereocenters. The molecule has 2 heteroatoms. The molecule has 0 aromatic heterocycles. The van der Waals surface area contributed by atoms with Gasteiger partial charge in [-0.05, 0) is 65.3 Å². The highest BCUT2D eigenvalue weighted by molar-refractivity contribution is 5.67. The van der Waals surface area contributed by atoms with Crippen molar-refractivity contribution in [1.29, 1.82) is 0 Å². The van der Waals surface area contributed by atoms with Crippen LogP contribution in [0.4, 0.5) is 5.69 Å². The molecule has 2 rings (SSSR count). The summed E-state index contributed by atoms with van der Waals surface area (Å²) >= 11 is 0. The van der Waals surface area contributed by atoms with Crippen LogP contribution in [0.15, 0.2) is 90.2 Å². The lowest BCUT2D eigenvalue weighted by Gasteiger charge is -2.14. The van der Waals surface area contributed by atoms with Crippen LogP contribution in [0, 0.1) is 10.8 Å². The predicted molar refractivity (Wildman–Crippen MR) is 122 cm³/mol. The third kappa shape index (κ3) is 6.02. The molecule has 0 saturated carbocycles. The highest BCUT2D eigenvalue weighted by Gasteiger charge is 2.09. The maximum Gasteiger partial charge on any atom is 0.108 e. The molecule has 0 N–H and O–H groups in total. The minimum atomic E-state index is 0.237. The zero-order valence-corrected chi connectivity index (χ0v) is 17.1. The van der Waals surface area contributed by atoms with Crippen LogP contribution in [0.2, 0.25) is 0 Å². The SMILES string of the molecule is C=CC(C)/C(=C\c1cccc(N=O)c1)Cc1cccc(/C(=C/C=C\C)CC)c1. The van der Waals surface area contributed by atoms with E-state index in [1.807, 2.05) is 31.2 Å². The van der Waals surface area contributed by atoms with Crippen LogP contribution in [-0.4, -0.2) is 0 Å². The van der Waals surface area contributed by atoms with Gasteiger partial charge in [0.05, 0.1) is 0 Å². The topological polar surface area (TPSA) is 29.4 Å². The Balaban J connectivity index is 2.37. The first-order valence-corrected chi connectivity index (χ1v) is 9.78. The van der Waals surface area contributed by atoms with Crippen molar-refractivity contribution in [2.45, 2.75) is 33.6 Å². The summed E-state index contributed by atoms with van der Waals surface area (Å²) in [5.74, 6) is 0.237. The Hall–Kier alpha value is -3.00. The van der Waals surface area contributed by atoms with Gasteiger partial charge in [0.15, 0.2) is 0 Å². The van der Waals surface area contributed by atoms with Crippen molar-refractivity contribution in [3.05, 3.63) is 107 Å². The molecule has 0 spiro atoms. The predicted octanol–water partition coefficient (Wildman–Crippen LogP) is 7.90. The Morgan fingerprint density at radius 3 is 2.64 bits per heavy atom. The summed E-state index contributed by atoms with van der Waals surface area (Å²) < 4.78 is 0. The van der Waals surface area contributed by atoms with E-state index in [2.05, 4.69) is 74.2 Å². The standard InChI is InChI=1S/C26H29NO/c1-5-8-13-23(7-3)24-14-9-11-21(16-24)17-25(20(4)6-2)18-22-12-10-15-26(19-22)27-28/h5-6,8-16,18-20H,2,7,17H2,1,3-4H3/b8-5-,23-13+,25-18-. The quantitative estimate of drug-likeness (QED) is 0.250. The first-order valence-electron chi connectivity index (χ1n) is 9.78.